The van der Waals surface area contributed by atoms with E-state index in [4.69, 9.17) is 9.47 Å². The first-order valence-electron chi connectivity index (χ1n) is 35.7. The molecule has 19 nitrogen and oxygen atoms in total. The van der Waals surface area contributed by atoms with Gasteiger partial charge < -0.3 is 39.3 Å². The van der Waals surface area contributed by atoms with E-state index < -0.39 is 36.0 Å². The second-order valence-corrected chi connectivity index (χ2v) is 36.4. The first-order valence-corrected chi connectivity index (χ1v) is 39.7. The monoisotopic (exact) mass is 1610 g/mol. The van der Waals surface area contributed by atoms with E-state index in [-0.39, 0.29) is 96.3 Å². The van der Waals surface area contributed by atoms with Gasteiger partial charge in [-0.1, -0.05) is 105 Å². The average molecular weight is 1610 g/mol. The summed E-state index contributed by atoms with van der Waals surface area (Å²) in [5, 5.41) is 13.1. The predicted octanol–water partition coefficient (Wildman–Crippen LogP) is 17.1. The Morgan fingerprint density at radius 1 is 0.495 bits per heavy atom. The molecule has 2 N–H and O–H groups in total. The van der Waals surface area contributed by atoms with Gasteiger partial charge in [-0.3, -0.25) is 33.8 Å². The van der Waals surface area contributed by atoms with Crippen LogP contribution < -0.4 is 15.1 Å². The number of halogens is 1. The molecule has 0 spiro atoms. The third kappa shape index (κ3) is 28.5. The van der Waals surface area contributed by atoms with E-state index in [1.54, 1.807) is 65.4 Å². The predicted molar refractivity (Wildman–Crippen MR) is 439 cm³/mol. The number of anilines is 3. The number of thiophene rings is 4. The number of allylic oxidation sites excluding steroid dienone is 4. The lowest BCUT2D eigenvalue weighted by molar-refractivity contribution is -0.133. The quantitative estimate of drug-likeness (QED) is 0.0409. The molecule has 2 unspecified atom stereocenters. The molecule has 7 atom stereocenters. The van der Waals surface area contributed by atoms with Crippen LogP contribution in [0, 0.1) is 92.7 Å². The molecule has 107 heavy (non-hydrogen) atoms. The normalized spacial score (nSPS) is 16.1. The number of esters is 3. The van der Waals surface area contributed by atoms with Gasteiger partial charge in [-0.2, -0.15) is 0 Å². The molecule has 5 amide bonds. The maximum Gasteiger partial charge on any atom is 0.350 e. The van der Waals surface area contributed by atoms with Crippen LogP contribution >= 0.6 is 61.3 Å². The SMILES string of the molecule is CC[C@@H](C(=O)N(C)C)N(C(=O)C1CC=C(C)C[C@@H]1C)c1cc(C#CC(C)(C)C)sc1C(=O)O.CC[C@@H](C(=O)N(C)C)N(C(=O)C1CC=C(C)C[C@@H]1C)c1cc(C#CC(C)(C)C)sc1C(=O)OC.CC[C@H](Nc1cc(C#CC(C)(C)C)sc1C(=O)OC)C(=O)N(C)C.COC(=O)c1sc(C#CC(C)(C)C)cc1Br. The molecule has 0 aliphatic heterocycles. The van der Waals surface area contributed by atoms with E-state index in [1.807, 2.05) is 117 Å². The fraction of sp³-hybridized carbons (Fsp3) is 0.554. The number of aromatic carboxylic acids is 1. The van der Waals surface area contributed by atoms with Gasteiger partial charge in [-0.05, 0) is 194 Å². The van der Waals surface area contributed by atoms with Gasteiger partial charge in [-0.25, -0.2) is 19.2 Å². The Hall–Kier alpha value is -7.97. The van der Waals surface area contributed by atoms with Gasteiger partial charge in [0.05, 0.1) is 57.9 Å². The Morgan fingerprint density at radius 3 is 1.14 bits per heavy atom. The fourth-order valence-corrected chi connectivity index (χ4v) is 15.2. The molecule has 4 aromatic rings. The molecule has 0 bridgehead atoms. The minimum Gasteiger partial charge on any atom is -0.477 e. The average Bonchev–Trinajstić information content (AvgIpc) is 1.69. The zero-order valence-electron chi connectivity index (χ0n) is 68.0. The summed E-state index contributed by atoms with van der Waals surface area (Å²) in [7, 11) is 14.1. The Balaban J connectivity index is 0.000000383. The van der Waals surface area contributed by atoms with Crippen molar-refractivity contribution >= 4 is 132 Å². The van der Waals surface area contributed by atoms with Crippen molar-refractivity contribution in [2.75, 3.05) is 78.7 Å². The van der Waals surface area contributed by atoms with Crippen molar-refractivity contribution in [3.8, 4) is 47.4 Å². The number of nitrogens with zero attached hydrogens (tertiary/aromatic N) is 5. The highest BCUT2D eigenvalue weighted by molar-refractivity contribution is 9.10. The number of rotatable bonds is 18. The summed E-state index contributed by atoms with van der Waals surface area (Å²) in [4.78, 5) is 127. The zero-order valence-corrected chi connectivity index (χ0v) is 72.9. The number of likely N-dealkylation sites (N-methyl/N-ethyl adjacent to an activating group) is 3. The van der Waals surface area contributed by atoms with Crippen molar-refractivity contribution in [1.82, 2.24) is 14.7 Å². The van der Waals surface area contributed by atoms with Crippen LogP contribution in [-0.4, -0.2) is 155 Å². The topological polar surface area (TPSA) is 230 Å². The number of carbonyl (C=O) groups is 9. The van der Waals surface area contributed by atoms with Gasteiger partial charge in [0.25, 0.3) is 0 Å². The van der Waals surface area contributed by atoms with Gasteiger partial charge >= 0.3 is 23.9 Å². The smallest absolute Gasteiger partial charge is 0.350 e. The van der Waals surface area contributed by atoms with Crippen LogP contribution in [0.5, 0.6) is 0 Å². The Bertz CT molecular complexity index is 4180. The van der Waals surface area contributed by atoms with E-state index in [0.29, 0.717) is 63.0 Å². The minimum atomic E-state index is -1.13. The van der Waals surface area contributed by atoms with Gasteiger partial charge in [-0.15, -0.1) is 45.3 Å². The molecule has 0 fully saturated rings. The summed E-state index contributed by atoms with van der Waals surface area (Å²) >= 11 is 8.17. The lowest BCUT2D eigenvalue weighted by Crippen LogP contribution is -2.52. The highest BCUT2D eigenvalue weighted by Gasteiger charge is 2.42. The number of methoxy groups -OCH3 is 3. The molecule has 0 radical (unpaired) electrons. The van der Waals surface area contributed by atoms with Crippen LogP contribution in [0.2, 0.25) is 0 Å². The molecule has 24 heteroatoms. The standard InChI is InChI=1S/C27H38N2O4S.C26H36N2O4S.C18H26N2O3S.C12H13BrO2S/c1-10-21(25(31)28(7)8)29(24(30)20-12-11-17(2)15-18(20)3)22-16-19(13-14-27(4,5)6)34-23(22)26(32)33-9;1-9-20(24(30)27(7)8)28(23(29)19-11-10-16(2)14-17(19)3)21-15-18(12-13-26(4,5)6)33-22(21)25(31)32;1-8-13(16(21)20(5)6)19-14-11-12(9-10-18(2,3)4)24-15(14)17(22)23-7;1-12(2,3)6-5-8-7-9(13)10(16-8)11(14)15-4/h11,16,18,20-21H,10,12,15H2,1-9H3;10,15,17,19-20H,9,11,14H2,1-8H3,(H,31,32);11,13,19H,8H2,1-7H3;7H,1-4H3/t18-,20?,21-;17-,19?,20-;13-;/m000./s1. The van der Waals surface area contributed by atoms with Crippen LogP contribution in [0.15, 0.2) is 52.0 Å². The third-order valence-corrected chi connectivity index (χ3v) is 21.4. The number of hydrogen-bond donors (Lipinski definition) is 2. The molecule has 584 valence electrons. The number of carbonyl (C=O) groups excluding carboxylic acids is 8. The highest BCUT2D eigenvalue weighted by atomic mass is 79.9. The van der Waals surface area contributed by atoms with Crippen LogP contribution in [0.25, 0.3) is 0 Å². The van der Waals surface area contributed by atoms with E-state index in [1.165, 1.54) is 86.1 Å². The molecule has 6 rings (SSSR count). The van der Waals surface area contributed by atoms with E-state index in [9.17, 15) is 48.3 Å². The largest absolute Gasteiger partial charge is 0.477 e. The molecule has 0 aromatic carbocycles. The summed E-state index contributed by atoms with van der Waals surface area (Å²) in [6, 6.07) is 5.14. The number of ether oxygens (including phenoxy) is 3. The van der Waals surface area contributed by atoms with Crippen LogP contribution in [-0.2, 0) is 38.2 Å². The molecular weight excluding hydrogens is 1500 g/mol. The van der Waals surface area contributed by atoms with Crippen LogP contribution in [0.1, 0.15) is 235 Å². The van der Waals surface area contributed by atoms with Gasteiger partial charge in [0.2, 0.25) is 29.5 Å². The second kappa shape index (κ2) is 41.0. The van der Waals surface area contributed by atoms with Crippen LogP contribution in [0.3, 0.4) is 0 Å². The molecule has 0 saturated heterocycles. The van der Waals surface area contributed by atoms with Crippen LogP contribution in [0.4, 0.5) is 17.1 Å². The van der Waals surface area contributed by atoms with Crippen molar-refractivity contribution in [1.29, 1.82) is 0 Å². The van der Waals surface area contributed by atoms with Crippen molar-refractivity contribution in [3.05, 3.63) is 91.1 Å². The lowest BCUT2D eigenvalue weighted by Gasteiger charge is -2.37. The number of amides is 5. The second-order valence-electron chi connectivity index (χ2n) is 31.3. The summed E-state index contributed by atoms with van der Waals surface area (Å²) in [5.41, 5.74) is 3.12. The molecule has 4 heterocycles. The first-order chi connectivity index (χ1) is 49.5. The van der Waals surface area contributed by atoms with Crippen molar-refractivity contribution in [3.63, 3.8) is 0 Å². The van der Waals surface area contributed by atoms with Gasteiger partial charge in [0, 0.05) is 80.3 Å². The zero-order chi connectivity index (χ0) is 81.7. The molecular formula is C83H113BrN6O13S4. The first kappa shape index (κ1) is 93.2. The fourth-order valence-electron chi connectivity index (χ4n) is 11.0. The summed E-state index contributed by atoms with van der Waals surface area (Å²) in [6.45, 7) is 38.1. The number of hydrogen-bond acceptors (Lipinski definition) is 17. The van der Waals surface area contributed by atoms with E-state index in [0.717, 1.165) is 38.4 Å². The third-order valence-electron chi connectivity index (χ3n) is 16.4. The minimum absolute atomic E-state index is 0.0294. The Kier molecular flexibility index (Phi) is 35.7. The Labute approximate surface area is 661 Å². The van der Waals surface area contributed by atoms with E-state index in [2.05, 4.69) is 106 Å². The summed E-state index contributed by atoms with van der Waals surface area (Å²) in [5.74, 6) is 21.3. The van der Waals surface area contributed by atoms with Crippen molar-refractivity contribution in [2.24, 2.45) is 45.3 Å². The summed E-state index contributed by atoms with van der Waals surface area (Å²) in [6.07, 6.45) is 8.40. The Morgan fingerprint density at radius 2 is 0.813 bits per heavy atom. The number of nitrogens with one attached hydrogen (secondary N) is 1. The lowest BCUT2D eigenvalue weighted by atomic mass is 9.80. The van der Waals surface area contributed by atoms with Gasteiger partial charge in [0.15, 0.2) is 0 Å². The molecule has 4 aromatic heterocycles. The highest BCUT2D eigenvalue weighted by Crippen LogP contribution is 2.41. The molecule has 0 saturated carbocycles. The maximum absolute atomic E-state index is 14.1. The number of carboxylic acids is 1. The van der Waals surface area contributed by atoms with E-state index >= 15 is 0 Å². The summed E-state index contributed by atoms with van der Waals surface area (Å²) < 4.78 is 15.3. The molecule has 2 aliphatic rings. The van der Waals surface area contributed by atoms with Crippen molar-refractivity contribution < 1.29 is 62.5 Å². The maximum atomic E-state index is 14.1. The molecule has 2 aliphatic carbocycles. The van der Waals surface area contributed by atoms with Crippen molar-refractivity contribution in [2.45, 2.75) is 195 Å². The number of carboxylic acid groups (broad SMARTS) is 1. The van der Waals surface area contributed by atoms with Gasteiger partial charge in [0.1, 0.15) is 37.6 Å².